The van der Waals surface area contributed by atoms with Gasteiger partial charge in [0, 0.05) is 17.1 Å². The van der Waals surface area contributed by atoms with E-state index in [2.05, 4.69) is 10.5 Å². The van der Waals surface area contributed by atoms with E-state index in [4.69, 9.17) is 22.7 Å². The second kappa shape index (κ2) is 6.51. The van der Waals surface area contributed by atoms with Gasteiger partial charge in [-0.15, -0.1) is 11.3 Å². The third-order valence-electron chi connectivity index (χ3n) is 3.47. The van der Waals surface area contributed by atoms with Crippen LogP contribution >= 0.6 is 22.9 Å². The normalized spacial score (nSPS) is 12.5. The van der Waals surface area contributed by atoms with Crippen molar-refractivity contribution in [2.45, 2.75) is 11.1 Å². The van der Waals surface area contributed by atoms with Crippen molar-refractivity contribution in [3.8, 4) is 0 Å². The van der Waals surface area contributed by atoms with Gasteiger partial charge in [0.15, 0.2) is 0 Å². The molecule has 3 rings (SSSR count). The molecule has 0 aliphatic rings. The van der Waals surface area contributed by atoms with Gasteiger partial charge < -0.3 is 5.73 Å². The summed E-state index contributed by atoms with van der Waals surface area (Å²) in [6.07, 6.45) is 1.51. The third-order valence-corrected chi connectivity index (χ3v) is 6.85. The molecule has 2 aromatic heterocycles. The van der Waals surface area contributed by atoms with Crippen LogP contribution in [-0.2, 0) is 10.0 Å². The van der Waals surface area contributed by atoms with Crippen LogP contribution in [0.1, 0.15) is 12.5 Å². The Morgan fingerprint density at radius 2 is 2.04 bits per heavy atom. The first-order valence-corrected chi connectivity index (χ1v) is 9.70. The van der Waals surface area contributed by atoms with Crippen molar-refractivity contribution in [1.29, 1.82) is 5.41 Å². The highest BCUT2D eigenvalue weighted by Gasteiger charge is 2.23. The zero-order valence-electron chi connectivity index (χ0n) is 13.0. The van der Waals surface area contributed by atoms with Crippen LogP contribution in [0.25, 0.3) is 10.9 Å². The summed E-state index contributed by atoms with van der Waals surface area (Å²) in [5.74, 6) is -0.302. The number of para-hydroxylation sites is 1. The molecule has 0 radical (unpaired) electrons. The molecule has 0 saturated heterocycles. The third kappa shape index (κ3) is 3.26. The molecular formula is C15H14ClN5O2S2. The van der Waals surface area contributed by atoms with Gasteiger partial charge in [0.1, 0.15) is 4.21 Å². The molecule has 3 aromatic rings. The van der Waals surface area contributed by atoms with E-state index in [1.165, 1.54) is 16.2 Å². The zero-order valence-corrected chi connectivity index (χ0v) is 15.4. The fourth-order valence-electron chi connectivity index (χ4n) is 2.37. The van der Waals surface area contributed by atoms with E-state index in [1.54, 1.807) is 25.1 Å². The summed E-state index contributed by atoms with van der Waals surface area (Å²) in [6, 6.07) is 10.1. The zero-order chi connectivity index (χ0) is 18.2. The number of rotatable bonds is 4. The first-order valence-electron chi connectivity index (χ1n) is 7.06. The highest BCUT2D eigenvalue weighted by Crippen LogP contribution is 2.31. The van der Waals surface area contributed by atoms with Crippen molar-refractivity contribution in [3.05, 3.63) is 52.5 Å². The monoisotopic (exact) mass is 395 g/mol. The molecule has 0 amide bonds. The maximum Gasteiger partial charge on any atom is 0.277 e. The molecule has 4 N–H and O–H groups in total. The Kier molecular flexibility index (Phi) is 4.55. The molecule has 0 aliphatic heterocycles. The number of nitrogens with one attached hydrogen (secondary N) is 2. The summed E-state index contributed by atoms with van der Waals surface area (Å²) < 4.78 is 27.7. The number of benzene rings is 1. The maximum atomic E-state index is 13.0. The van der Waals surface area contributed by atoms with E-state index in [9.17, 15) is 8.42 Å². The topological polar surface area (TPSA) is 113 Å². The van der Waals surface area contributed by atoms with Crippen LogP contribution in [0.5, 0.6) is 0 Å². The number of hydrazone groups is 1. The first kappa shape index (κ1) is 17.5. The van der Waals surface area contributed by atoms with Gasteiger partial charge in [-0.25, -0.2) is 9.40 Å². The Labute approximate surface area is 153 Å². The summed E-state index contributed by atoms with van der Waals surface area (Å²) in [5, 5.41) is 11.9. The van der Waals surface area contributed by atoms with E-state index in [0.717, 1.165) is 16.7 Å². The molecule has 10 heteroatoms. The molecule has 0 aliphatic carbocycles. The summed E-state index contributed by atoms with van der Waals surface area (Å²) in [7, 11) is -3.78. The SMILES string of the molecule is CC(=NNC(=N)N)c1cn(S(=O)(=O)c2ccc(Cl)s2)c2ccccc12. The van der Waals surface area contributed by atoms with E-state index < -0.39 is 10.0 Å². The molecule has 130 valence electrons. The van der Waals surface area contributed by atoms with Crippen LogP contribution < -0.4 is 11.2 Å². The molecule has 0 spiro atoms. The predicted molar refractivity (Wildman–Crippen MR) is 101 cm³/mol. The fourth-order valence-corrected chi connectivity index (χ4v) is 5.32. The van der Waals surface area contributed by atoms with E-state index in [-0.39, 0.29) is 10.2 Å². The molecule has 0 bridgehead atoms. The first-order chi connectivity index (χ1) is 11.8. The minimum Gasteiger partial charge on any atom is -0.369 e. The predicted octanol–water partition coefficient (Wildman–Crippen LogP) is 2.80. The highest BCUT2D eigenvalue weighted by atomic mass is 35.5. The lowest BCUT2D eigenvalue weighted by atomic mass is 10.1. The number of thiophene rings is 1. The van der Waals surface area contributed by atoms with Gasteiger partial charge in [-0.2, -0.15) is 13.5 Å². The van der Waals surface area contributed by atoms with Gasteiger partial charge >= 0.3 is 0 Å². The van der Waals surface area contributed by atoms with Crippen molar-refractivity contribution >= 4 is 55.5 Å². The molecule has 1 aromatic carbocycles. The Bertz CT molecular complexity index is 1100. The Morgan fingerprint density at radius 1 is 1.32 bits per heavy atom. The lowest BCUT2D eigenvalue weighted by Gasteiger charge is -2.04. The van der Waals surface area contributed by atoms with Crippen LogP contribution in [0, 0.1) is 5.41 Å². The van der Waals surface area contributed by atoms with Crippen LogP contribution in [-0.4, -0.2) is 24.1 Å². The average Bonchev–Trinajstić information content (AvgIpc) is 3.17. The lowest BCUT2D eigenvalue weighted by molar-refractivity contribution is 0.591. The number of nitrogens with two attached hydrogens (primary N) is 1. The van der Waals surface area contributed by atoms with Crippen LogP contribution in [0.15, 0.2) is 51.9 Å². The minimum absolute atomic E-state index is 0.154. The highest BCUT2D eigenvalue weighted by molar-refractivity contribution is 7.92. The number of guanidine groups is 1. The van der Waals surface area contributed by atoms with Crippen molar-refractivity contribution in [1.82, 2.24) is 9.40 Å². The van der Waals surface area contributed by atoms with E-state index in [1.807, 2.05) is 12.1 Å². The van der Waals surface area contributed by atoms with E-state index in [0.29, 0.717) is 21.1 Å². The Hall–Kier alpha value is -2.36. The van der Waals surface area contributed by atoms with Crippen molar-refractivity contribution in [3.63, 3.8) is 0 Å². The fraction of sp³-hybridized carbons (Fsp3) is 0.0667. The Balaban J connectivity index is 2.21. The number of fused-ring (bicyclic) bond motifs is 1. The Morgan fingerprint density at radius 3 is 2.68 bits per heavy atom. The molecule has 2 heterocycles. The molecule has 0 unspecified atom stereocenters. The summed E-state index contributed by atoms with van der Waals surface area (Å²) in [4.78, 5) is 0. The summed E-state index contributed by atoms with van der Waals surface area (Å²) in [6.45, 7) is 1.71. The van der Waals surface area contributed by atoms with Crippen LogP contribution in [0.3, 0.4) is 0 Å². The number of hydrogen-bond acceptors (Lipinski definition) is 5. The average molecular weight is 396 g/mol. The number of halogens is 1. The second-order valence-corrected chi connectivity index (χ2v) is 8.90. The van der Waals surface area contributed by atoms with E-state index >= 15 is 0 Å². The standard InChI is InChI=1S/C15H14ClN5O2S2/c1-9(19-20-15(17)18)11-8-21(12-5-3-2-4-10(11)12)25(22,23)14-7-6-13(16)24-14/h2-8H,1H3,(H4,17,18,20). The smallest absolute Gasteiger partial charge is 0.277 e. The van der Waals surface area contributed by atoms with Gasteiger partial charge in [-0.1, -0.05) is 29.8 Å². The quantitative estimate of drug-likeness (QED) is 0.358. The summed E-state index contributed by atoms with van der Waals surface area (Å²) >= 11 is 6.88. The van der Waals surface area contributed by atoms with Gasteiger partial charge in [0.05, 0.1) is 15.6 Å². The van der Waals surface area contributed by atoms with Gasteiger partial charge in [0.2, 0.25) is 5.96 Å². The minimum atomic E-state index is -3.78. The molecule has 0 saturated carbocycles. The van der Waals surface area contributed by atoms with Gasteiger partial charge in [0.25, 0.3) is 10.0 Å². The van der Waals surface area contributed by atoms with Crippen molar-refractivity contribution in [2.75, 3.05) is 0 Å². The number of nitrogens with zero attached hydrogens (tertiary/aromatic N) is 2. The number of hydrogen-bond donors (Lipinski definition) is 3. The molecule has 0 fully saturated rings. The molecular weight excluding hydrogens is 382 g/mol. The molecule has 25 heavy (non-hydrogen) atoms. The van der Waals surface area contributed by atoms with Crippen LogP contribution in [0.2, 0.25) is 4.34 Å². The van der Waals surface area contributed by atoms with Crippen molar-refractivity contribution in [2.24, 2.45) is 10.8 Å². The maximum absolute atomic E-state index is 13.0. The van der Waals surface area contributed by atoms with Crippen LogP contribution in [0.4, 0.5) is 0 Å². The van der Waals surface area contributed by atoms with Crippen molar-refractivity contribution < 1.29 is 8.42 Å². The number of aromatic nitrogens is 1. The molecule has 0 atom stereocenters. The molecule has 7 nitrogen and oxygen atoms in total. The second-order valence-electron chi connectivity index (χ2n) is 5.14. The lowest BCUT2D eigenvalue weighted by Crippen LogP contribution is -2.26. The van der Waals surface area contributed by atoms with Gasteiger partial charge in [-0.05, 0) is 25.1 Å². The summed E-state index contributed by atoms with van der Waals surface area (Å²) in [5.41, 5.74) is 9.26. The largest absolute Gasteiger partial charge is 0.369 e. The van der Waals surface area contributed by atoms with Gasteiger partial charge in [-0.3, -0.25) is 5.41 Å².